The Hall–Kier alpha value is -1.42. The maximum atomic E-state index is 12.4. The van der Waals surface area contributed by atoms with E-state index in [9.17, 15) is 4.79 Å². The molecule has 0 bridgehead atoms. The number of likely N-dealkylation sites (N-methyl/N-ethyl adjacent to an activating group) is 1. The number of aromatic nitrogens is 1. The largest absolute Gasteiger partial charge is 0.345 e. The van der Waals surface area contributed by atoms with Gasteiger partial charge in [-0.3, -0.25) is 9.78 Å². The van der Waals surface area contributed by atoms with E-state index in [0.29, 0.717) is 5.92 Å². The van der Waals surface area contributed by atoms with Crippen LogP contribution in [0.4, 0.5) is 0 Å². The van der Waals surface area contributed by atoms with E-state index in [1.165, 1.54) is 5.56 Å². The summed E-state index contributed by atoms with van der Waals surface area (Å²) in [6, 6.07) is 3.98. The van der Waals surface area contributed by atoms with Gasteiger partial charge in [0.25, 0.3) is 0 Å². The minimum Gasteiger partial charge on any atom is -0.345 e. The van der Waals surface area contributed by atoms with E-state index >= 15 is 0 Å². The predicted octanol–water partition coefficient (Wildman–Crippen LogP) is 1.57. The molecule has 0 radical (unpaired) electrons. The summed E-state index contributed by atoms with van der Waals surface area (Å²) in [6.07, 6.45) is 4.44. The summed E-state index contributed by atoms with van der Waals surface area (Å²) in [4.78, 5) is 18.2. The lowest BCUT2D eigenvalue weighted by Crippen LogP contribution is -2.40. The molecule has 0 saturated carbocycles. The first-order valence-electron chi connectivity index (χ1n) is 6.84. The van der Waals surface area contributed by atoms with E-state index in [0.717, 1.165) is 19.5 Å². The molecular weight excluding hydrogens is 238 g/mol. The molecule has 1 N–H and O–H groups in total. The molecule has 1 aromatic heterocycles. The molecule has 1 heterocycles. The third kappa shape index (κ3) is 4.99. The zero-order valence-corrected chi connectivity index (χ0v) is 12.4. The van der Waals surface area contributed by atoms with Crippen LogP contribution in [0.3, 0.4) is 0 Å². The predicted molar refractivity (Wildman–Crippen MR) is 77.8 cm³/mol. The minimum atomic E-state index is 0.0486. The van der Waals surface area contributed by atoms with Crippen LogP contribution in [0.5, 0.6) is 0 Å². The number of hydrogen-bond acceptors (Lipinski definition) is 3. The van der Waals surface area contributed by atoms with Crippen molar-refractivity contribution in [3.8, 4) is 0 Å². The molecule has 1 unspecified atom stereocenters. The molecule has 0 aliphatic heterocycles. The van der Waals surface area contributed by atoms with Gasteiger partial charge < -0.3 is 10.2 Å². The third-order valence-electron chi connectivity index (χ3n) is 3.41. The highest BCUT2D eigenvalue weighted by atomic mass is 16.2. The van der Waals surface area contributed by atoms with Gasteiger partial charge in [-0.05, 0) is 37.1 Å². The van der Waals surface area contributed by atoms with E-state index in [1.807, 2.05) is 31.1 Å². The van der Waals surface area contributed by atoms with Gasteiger partial charge in [0, 0.05) is 32.5 Å². The van der Waals surface area contributed by atoms with E-state index in [4.69, 9.17) is 0 Å². The summed E-state index contributed by atoms with van der Waals surface area (Å²) >= 11 is 0. The molecule has 106 valence electrons. The van der Waals surface area contributed by atoms with Gasteiger partial charge in [-0.2, -0.15) is 0 Å². The van der Waals surface area contributed by atoms with Crippen LogP contribution in [0, 0.1) is 11.8 Å². The molecule has 1 amide bonds. The standard InChI is InChI=1S/C15H25N3O/c1-12(2)14(11-16-3)15(19)18(4)10-7-13-5-8-17-9-6-13/h5-6,8-9,12,14,16H,7,10-11H2,1-4H3. The van der Waals surface area contributed by atoms with Crippen LogP contribution < -0.4 is 5.32 Å². The monoisotopic (exact) mass is 263 g/mol. The highest BCUT2D eigenvalue weighted by Gasteiger charge is 2.24. The lowest BCUT2D eigenvalue weighted by Gasteiger charge is -2.26. The maximum Gasteiger partial charge on any atom is 0.226 e. The molecule has 1 atom stereocenters. The molecule has 4 nitrogen and oxygen atoms in total. The number of hydrogen-bond donors (Lipinski definition) is 1. The van der Waals surface area contributed by atoms with Gasteiger partial charge in [-0.1, -0.05) is 13.8 Å². The van der Waals surface area contributed by atoms with Crippen LogP contribution in [-0.2, 0) is 11.2 Å². The van der Waals surface area contributed by atoms with E-state index in [1.54, 1.807) is 12.4 Å². The lowest BCUT2D eigenvalue weighted by atomic mass is 9.94. The van der Waals surface area contributed by atoms with Crippen LogP contribution in [0.2, 0.25) is 0 Å². The lowest BCUT2D eigenvalue weighted by molar-refractivity contribution is -0.135. The fraction of sp³-hybridized carbons (Fsp3) is 0.600. The van der Waals surface area contributed by atoms with Crippen molar-refractivity contribution in [1.29, 1.82) is 0 Å². The zero-order chi connectivity index (χ0) is 14.3. The third-order valence-corrected chi connectivity index (χ3v) is 3.41. The molecule has 0 aliphatic carbocycles. The van der Waals surface area contributed by atoms with Crippen molar-refractivity contribution in [2.75, 3.05) is 27.2 Å². The Morgan fingerprint density at radius 3 is 2.53 bits per heavy atom. The fourth-order valence-electron chi connectivity index (χ4n) is 2.07. The van der Waals surface area contributed by atoms with Gasteiger partial charge in [0.05, 0.1) is 5.92 Å². The number of rotatable bonds is 7. The van der Waals surface area contributed by atoms with Crippen molar-refractivity contribution in [3.63, 3.8) is 0 Å². The first-order valence-corrected chi connectivity index (χ1v) is 6.84. The van der Waals surface area contributed by atoms with Crippen LogP contribution in [-0.4, -0.2) is 43.0 Å². The summed E-state index contributed by atoms with van der Waals surface area (Å²) in [6.45, 7) is 5.67. The molecule has 0 spiro atoms. The first-order chi connectivity index (χ1) is 9.06. The summed E-state index contributed by atoms with van der Waals surface area (Å²) in [5, 5.41) is 3.10. The molecule has 0 aliphatic rings. The molecule has 1 rings (SSSR count). The van der Waals surface area contributed by atoms with Gasteiger partial charge in [0.1, 0.15) is 0 Å². The molecule has 19 heavy (non-hydrogen) atoms. The van der Waals surface area contributed by atoms with Gasteiger partial charge in [-0.25, -0.2) is 0 Å². The Balaban J connectivity index is 2.51. The topological polar surface area (TPSA) is 45.2 Å². The van der Waals surface area contributed by atoms with Crippen LogP contribution in [0.15, 0.2) is 24.5 Å². The van der Waals surface area contributed by atoms with E-state index in [-0.39, 0.29) is 11.8 Å². The number of amides is 1. The van der Waals surface area contributed by atoms with Crippen LogP contribution >= 0.6 is 0 Å². The quantitative estimate of drug-likeness (QED) is 0.812. The number of pyridine rings is 1. The summed E-state index contributed by atoms with van der Waals surface area (Å²) in [5.41, 5.74) is 1.21. The van der Waals surface area contributed by atoms with E-state index < -0.39 is 0 Å². The molecular formula is C15H25N3O. The smallest absolute Gasteiger partial charge is 0.226 e. The number of carbonyl (C=O) groups excluding carboxylic acids is 1. The molecule has 1 aromatic rings. The first kappa shape index (κ1) is 15.6. The SMILES string of the molecule is CNCC(C(=O)N(C)CCc1ccncc1)C(C)C. The summed E-state index contributed by atoms with van der Waals surface area (Å²) < 4.78 is 0. The Labute approximate surface area is 116 Å². The van der Waals surface area contributed by atoms with Crippen LogP contribution in [0.1, 0.15) is 19.4 Å². The molecule has 0 aromatic carbocycles. The van der Waals surface area contributed by atoms with Crippen molar-refractivity contribution in [2.45, 2.75) is 20.3 Å². The Morgan fingerprint density at radius 1 is 1.37 bits per heavy atom. The fourth-order valence-corrected chi connectivity index (χ4v) is 2.07. The average Bonchev–Trinajstić information content (AvgIpc) is 2.42. The van der Waals surface area contributed by atoms with Gasteiger partial charge in [0.15, 0.2) is 0 Å². The molecule has 4 heteroatoms. The van der Waals surface area contributed by atoms with Crippen molar-refractivity contribution in [1.82, 2.24) is 15.2 Å². The highest BCUT2D eigenvalue weighted by molar-refractivity contribution is 5.79. The van der Waals surface area contributed by atoms with Gasteiger partial charge >= 0.3 is 0 Å². The summed E-state index contributed by atoms with van der Waals surface area (Å²) in [7, 11) is 3.77. The minimum absolute atomic E-state index is 0.0486. The molecule has 0 saturated heterocycles. The van der Waals surface area contributed by atoms with Crippen molar-refractivity contribution in [2.24, 2.45) is 11.8 Å². The van der Waals surface area contributed by atoms with Crippen molar-refractivity contribution in [3.05, 3.63) is 30.1 Å². The maximum absolute atomic E-state index is 12.4. The number of nitrogens with one attached hydrogen (secondary N) is 1. The van der Waals surface area contributed by atoms with E-state index in [2.05, 4.69) is 24.1 Å². The Morgan fingerprint density at radius 2 is 2.00 bits per heavy atom. The zero-order valence-electron chi connectivity index (χ0n) is 12.4. The second-order valence-electron chi connectivity index (χ2n) is 5.27. The number of nitrogens with zero attached hydrogens (tertiary/aromatic N) is 2. The van der Waals surface area contributed by atoms with Crippen molar-refractivity contribution >= 4 is 5.91 Å². The number of carbonyl (C=O) groups is 1. The van der Waals surface area contributed by atoms with Crippen LogP contribution in [0.25, 0.3) is 0 Å². The Kier molecular flexibility index (Phi) is 6.50. The normalized spacial score (nSPS) is 12.5. The average molecular weight is 263 g/mol. The van der Waals surface area contributed by atoms with Gasteiger partial charge in [-0.15, -0.1) is 0 Å². The second kappa shape index (κ2) is 7.89. The summed E-state index contributed by atoms with van der Waals surface area (Å²) in [5.74, 6) is 0.620. The van der Waals surface area contributed by atoms with Crippen molar-refractivity contribution < 1.29 is 4.79 Å². The Bertz CT molecular complexity index is 378. The highest BCUT2D eigenvalue weighted by Crippen LogP contribution is 2.13. The van der Waals surface area contributed by atoms with Gasteiger partial charge in [0.2, 0.25) is 5.91 Å². The molecule has 0 fully saturated rings. The second-order valence-corrected chi connectivity index (χ2v) is 5.27.